The van der Waals surface area contributed by atoms with Crippen LogP contribution >= 0.6 is 0 Å². The molecule has 2 aromatic rings. The van der Waals surface area contributed by atoms with Crippen LogP contribution in [0.3, 0.4) is 0 Å². The smallest absolute Gasteiger partial charge is 0.265 e. The van der Waals surface area contributed by atoms with Crippen LogP contribution in [0.4, 0.5) is 10.1 Å². The van der Waals surface area contributed by atoms with Crippen molar-refractivity contribution in [3.05, 3.63) is 65.0 Å². The lowest BCUT2D eigenvalue weighted by atomic mass is 10.1. The van der Waals surface area contributed by atoms with Crippen LogP contribution in [0.5, 0.6) is 0 Å². The molecule has 1 aliphatic heterocycles. The Balaban J connectivity index is 1.92. The van der Waals surface area contributed by atoms with E-state index in [1.165, 1.54) is 19.1 Å². The first-order valence-corrected chi connectivity index (χ1v) is 13.7. The number of sulfonamides is 1. The van der Waals surface area contributed by atoms with E-state index in [0.717, 1.165) is 10.4 Å². The molecule has 2 aromatic carbocycles. The molecule has 33 heavy (non-hydrogen) atoms. The van der Waals surface area contributed by atoms with Crippen molar-refractivity contribution >= 4 is 31.5 Å². The van der Waals surface area contributed by atoms with Crippen molar-refractivity contribution in [3.8, 4) is 0 Å². The summed E-state index contributed by atoms with van der Waals surface area (Å²) in [6, 6.07) is 10.3. The van der Waals surface area contributed by atoms with Crippen molar-refractivity contribution in [1.29, 1.82) is 0 Å². The van der Waals surface area contributed by atoms with E-state index in [0.29, 0.717) is 24.3 Å². The van der Waals surface area contributed by atoms with Crippen LogP contribution in [0.2, 0.25) is 0 Å². The molecule has 1 amide bonds. The summed E-state index contributed by atoms with van der Waals surface area (Å²) in [5.41, 5.74) is 2.96. The predicted molar refractivity (Wildman–Crippen MR) is 124 cm³/mol. The van der Waals surface area contributed by atoms with Crippen LogP contribution in [0, 0.1) is 5.82 Å². The van der Waals surface area contributed by atoms with Crippen molar-refractivity contribution in [1.82, 2.24) is 10.7 Å². The molecule has 9 nitrogen and oxygen atoms in total. The van der Waals surface area contributed by atoms with Gasteiger partial charge in [0.2, 0.25) is 10.0 Å². The fourth-order valence-electron chi connectivity index (χ4n) is 3.63. The molecule has 3 rings (SSSR count). The number of nitrogens with two attached hydrogens (primary N) is 1. The largest absolute Gasteiger partial charge is 0.314 e. The molecule has 0 saturated carbocycles. The number of halogens is 1. The van der Waals surface area contributed by atoms with Gasteiger partial charge in [0, 0.05) is 24.2 Å². The molecule has 1 saturated heterocycles. The number of carbonyl (C=O) groups excluding carboxylic acids is 1. The molecule has 12 heteroatoms. The molecule has 4 N–H and O–H groups in total. The van der Waals surface area contributed by atoms with E-state index >= 15 is 0 Å². The Morgan fingerprint density at radius 3 is 2.67 bits per heavy atom. The quantitative estimate of drug-likeness (QED) is 0.277. The van der Waals surface area contributed by atoms with Gasteiger partial charge in [-0.05, 0) is 43.2 Å². The Labute approximate surface area is 193 Å². The average Bonchev–Trinajstić information content (AvgIpc) is 2.79. The normalized spacial score (nSPS) is 18.0. The maximum Gasteiger partial charge on any atom is 0.265 e. The lowest BCUT2D eigenvalue weighted by Crippen LogP contribution is -2.45. The highest BCUT2D eigenvalue weighted by Gasteiger charge is 2.29. The van der Waals surface area contributed by atoms with E-state index in [-0.39, 0.29) is 35.6 Å². The lowest BCUT2D eigenvalue weighted by molar-refractivity contribution is 0.0953. The molecule has 1 unspecified atom stereocenters. The number of nitrogens with zero attached hydrogens (tertiary/aromatic N) is 1. The standard InChI is InChI=1S/C21H27FN4O5S2/c1-2-33(30,31)26(14-17-7-6-16(12-20(17)22)21(27)25-23)18-5-3-4-15(10-18)11-19-13-24-8-9-32(19,28)29/h3-7,10,12,19,24H,2,8-9,11,13-14,23H2,1H3,(H,25,27). The zero-order valence-corrected chi connectivity index (χ0v) is 19.8. The molecule has 0 spiro atoms. The third-order valence-electron chi connectivity index (χ3n) is 5.57. The number of sulfone groups is 1. The molecule has 0 radical (unpaired) electrons. The Bertz CT molecular complexity index is 1230. The number of nitrogens with one attached hydrogen (secondary N) is 2. The highest BCUT2D eigenvalue weighted by Crippen LogP contribution is 2.25. The van der Waals surface area contributed by atoms with Crippen LogP contribution in [0.25, 0.3) is 0 Å². The number of hydrogen-bond acceptors (Lipinski definition) is 7. The highest BCUT2D eigenvalue weighted by atomic mass is 32.2. The van der Waals surface area contributed by atoms with Gasteiger partial charge in [-0.3, -0.25) is 14.5 Å². The molecule has 1 atom stereocenters. The van der Waals surface area contributed by atoms with Crippen molar-refractivity contribution in [2.24, 2.45) is 5.84 Å². The van der Waals surface area contributed by atoms with Crippen LogP contribution in [-0.4, -0.2) is 52.6 Å². The topological polar surface area (TPSA) is 139 Å². The summed E-state index contributed by atoms with van der Waals surface area (Å²) in [6.07, 6.45) is 0.237. The van der Waals surface area contributed by atoms with Gasteiger partial charge in [0.25, 0.3) is 5.91 Å². The summed E-state index contributed by atoms with van der Waals surface area (Å²) >= 11 is 0. The minimum absolute atomic E-state index is 0.00736. The summed E-state index contributed by atoms with van der Waals surface area (Å²) in [7, 11) is -7.04. The third kappa shape index (κ3) is 5.88. The highest BCUT2D eigenvalue weighted by molar-refractivity contribution is 7.92. The van der Waals surface area contributed by atoms with Crippen molar-refractivity contribution < 1.29 is 26.0 Å². The number of amides is 1. The Kier molecular flexibility index (Phi) is 7.73. The van der Waals surface area contributed by atoms with Gasteiger partial charge in [-0.25, -0.2) is 27.1 Å². The first kappa shape index (κ1) is 25.1. The van der Waals surface area contributed by atoms with Crippen LogP contribution in [0.15, 0.2) is 42.5 Å². The number of benzene rings is 2. The van der Waals surface area contributed by atoms with Crippen molar-refractivity contribution in [3.63, 3.8) is 0 Å². The molecular formula is C21H27FN4O5S2. The zero-order chi connectivity index (χ0) is 24.2. The maximum absolute atomic E-state index is 14.7. The molecule has 1 fully saturated rings. The van der Waals surface area contributed by atoms with Gasteiger partial charge in [-0.15, -0.1) is 0 Å². The SMILES string of the molecule is CCS(=O)(=O)N(Cc1ccc(C(=O)NN)cc1F)c1cccc(CC2CNCCS2(=O)=O)c1. The van der Waals surface area contributed by atoms with E-state index in [4.69, 9.17) is 5.84 Å². The van der Waals surface area contributed by atoms with Gasteiger partial charge in [0.1, 0.15) is 5.82 Å². The van der Waals surface area contributed by atoms with Crippen molar-refractivity contribution in [2.75, 3.05) is 28.9 Å². The van der Waals surface area contributed by atoms with Gasteiger partial charge < -0.3 is 5.32 Å². The molecule has 180 valence electrons. The Hall–Kier alpha value is -2.54. The monoisotopic (exact) mass is 498 g/mol. The third-order valence-corrected chi connectivity index (χ3v) is 9.43. The van der Waals surface area contributed by atoms with E-state index in [1.807, 2.05) is 5.43 Å². The van der Waals surface area contributed by atoms with Gasteiger partial charge in [-0.2, -0.15) is 0 Å². The van der Waals surface area contributed by atoms with Crippen LogP contribution in [0.1, 0.15) is 28.4 Å². The second-order valence-corrected chi connectivity index (χ2v) is 12.3. The lowest BCUT2D eigenvalue weighted by Gasteiger charge is -2.26. The molecule has 0 aliphatic carbocycles. The summed E-state index contributed by atoms with van der Waals surface area (Å²) in [4.78, 5) is 11.6. The van der Waals surface area contributed by atoms with Crippen LogP contribution < -0.4 is 20.9 Å². The van der Waals surface area contributed by atoms with Crippen LogP contribution in [-0.2, 0) is 32.8 Å². The molecule has 0 bridgehead atoms. The second-order valence-electron chi connectivity index (χ2n) is 7.75. The summed E-state index contributed by atoms with van der Waals surface area (Å²) in [5.74, 6) is 3.50. The second kappa shape index (κ2) is 10.2. The van der Waals surface area contributed by atoms with Gasteiger partial charge in [0.15, 0.2) is 9.84 Å². The van der Waals surface area contributed by atoms with Gasteiger partial charge in [0.05, 0.1) is 29.0 Å². The van der Waals surface area contributed by atoms with Gasteiger partial charge >= 0.3 is 0 Å². The summed E-state index contributed by atoms with van der Waals surface area (Å²) in [6.45, 7) is 1.94. The molecular weight excluding hydrogens is 471 g/mol. The van der Waals surface area contributed by atoms with E-state index in [2.05, 4.69) is 5.32 Å². The molecule has 0 aromatic heterocycles. The number of anilines is 1. The average molecular weight is 499 g/mol. The first-order valence-electron chi connectivity index (χ1n) is 10.4. The number of rotatable bonds is 8. The minimum atomic E-state index is -3.80. The number of hydrazine groups is 1. The minimum Gasteiger partial charge on any atom is -0.314 e. The zero-order valence-electron chi connectivity index (χ0n) is 18.1. The first-order chi connectivity index (χ1) is 15.6. The molecule has 1 heterocycles. The van der Waals surface area contributed by atoms with E-state index in [9.17, 15) is 26.0 Å². The number of carbonyl (C=O) groups is 1. The molecule has 1 aliphatic rings. The fourth-order valence-corrected chi connectivity index (χ4v) is 6.30. The number of hydrogen-bond donors (Lipinski definition) is 3. The Morgan fingerprint density at radius 1 is 1.27 bits per heavy atom. The van der Waals surface area contributed by atoms with Crippen molar-refractivity contribution in [2.45, 2.75) is 25.1 Å². The Morgan fingerprint density at radius 2 is 2.03 bits per heavy atom. The van der Waals surface area contributed by atoms with Gasteiger partial charge in [-0.1, -0.05) is 18.2 Å². The number of nitrogen functional groups attached to an aromatic ring is 1. The van der Waals surface area contributed by atoms with E-state index < -0.39 is 36.8 Å². The summed E-state index contributed by atoms with van der Waals surface area (Å²) < 4.78 is 66.2. The van der Waals surface area contributed by atoms with E-state index in [1.54, 1.807) is 24.3 Å². The predicted octanol–water partition coefficient (Wildman–Crippen LogP) is 0.715. The summed E-state index contributed by atoms with van der Waals surface area (Å²) in [5, 5.41) is 2.47. The maximum atomic E-state index is 14.7. The fraction of sp³-hybridized carbons (Fsp3) is 0.381.